The lowest BCUT2D eigenvalue weighted by atomic mass is 10.2. The molecular weight excluding hydrogens is 447 g/mol. The Bertz CT molecular complexity index is 1450. The number of benzene rings is 2. The van der Waals surface area contributed by atoms with Crippen molar-refractivity contribution in [2.24, 2.45) is 0 Å². The molecule has 1 N–H and O–H groups in total. The molecule has 0 radical (unpaired) electrons. The van der Waals surface area contributed by atoms with E-state index in [2.05, 4.69) is 15.5 Å². The van der Waals surface area contributed by atoms with Gasteiger partial charge >= 0.3 is 6.18 Å². The Labute approximate surface area is 191 Å². The average Bonchev–Trinajstić information content (AvgIpc) is 3.54. The van der Waals surface area contributed by atoms with Crippen LogP contribution in [0.3, 0.4) is 0 Å². The van der Waals surface area contributed by atoms with Gasteiger partial charge in [-0.15, -0.1) is 0 Å². The van der Waals surface area contributed by atoms with Gasteiger partial charge in [0.1, 0.15) is 12.1 Å². The summed E-state index contributed by atoms with van der Waals surface area (Å²) in [6, 6.07) is 11.6. The van der Waals surface area contributed by atoms with Gasteiger partial charge in [-0.25, -0.2) is 9.36 Å². The van der Waals surface area contributed by atoms with E-state index >= 15 is 0 Å². The number of aryl methyl sites for hydroxylation is 1. The fraction of sp³-hybridized carbons (Fsp3) is 0.250. The number of carbonyl (C=O) groups is 1. The Balaban J connectivity index is 1.49. The number of hydrogen-bond acceptors (Lipinski definition) is 4. The minimum atomic E-state index is -4.46. The standard InChI is InChI=1S/C24H20F3N5O2/c1-14-4-2-3-5-19(14)32-22-18(12-28-32)21(15-6-7-15)30-31(23(22)34)13-20(33)29-17-10-8-16(9-11-17)24(25,26)27/h2-5,8-12,15H,6-7,13H2,1H3,(H,29,33). The van der Waals surface area contributed by atoms with Crippen LogP contribution in [0.2, 0.25) is 0 Å². The first kappa shape index (κ1) is 21.9. The molecule has 1 amide bonds. The van der Waals surface area contributed by atoms with E-state index in [1.54, 1.807) is 10.9 Å². The summed E-state index contributed by atoms with van der Waals surface area (Å²) < 4.78 is 41.0. The summed E-state index contributed by atoms with van der Waals surface area (Å²) in [6.07, 6.45) is -0.952. The number of aromatic nitrogens is 4. The Morgan fingerprint density at radius 3 is 2.47 bits per heavy atom. The number of nitrogens with zero attached hydrogens (tertiary/aromatic N) is 4. The highest BCUT2D eigenvalue weighted by Crippen LogP contribution is 2.41. The number of anilines is 1. The van der Waals surface area contributed by atoms with E-state index in [-0.39, 0.29) is 18.2 Å². The van der Waals surface area contributed by atoms with Crippen LogP contribution < -0.4 is 10.9 Å². The number of rotatable bonds is 5. The molecule has 0 aliphatic heterocycles. The van der Waals surface area contributed by atoms with Crippen molar-refractivity contribution in [1.82, 2.24) is 19.6 Å². The summed E-state index contributed by atoms with van der Waals surface area (Å²) in [6.45, 7) is 1.54. The molecule has 1 fully saturated rings. The monoisotopic (exact) mass is 467 g/mol. The largest absolute Gasteiger partial charge is 0.416 e. The molecule has 0 unspecified atom stereocenters. The van der Waals surface area contributed by atoms with Gasteiger partial charge in [0.05, 0.1) is 23.1 Å². The molecule has 7 nitrogen and oxygen atoms in total. The van der Waals surface area contributed by atoms with Crippen LogP contribution in [0.4, 0.5) is 18.9 Å². The Kier molecular flexibility index (Phi) is 5.22. The smallest absolute Gasteiger partial charge is 0.324 e. The molecule has 1 aliphatic carbocycles. The maximum Gasteiger partial charge on any atom is 0.416 e. The van der Waals surface area contributed by atoms with Crippen LogP contribution in [-0.4, -0.2) is 25.5 Å². The molecule has 2 aromatic heterocycles. The molecule has 174 valence electrons. The molecule has 4 aromatic rings. The van der Waals surface area contributed by atoms with Crippen molar-refractivity contribution < 1.29 is 18.0 Å². The molecular formula is C24H20F3N5O2. The molecule has 0 saturated heterocycles. The average molecular weight is 467 g/mol. The highest BCUT2D eigenvalue weighted by Gasteiger charge is 2.31. The van der Waals surface area contributed by atoms with Gasteiger partial charge in [-0.1, -0.05) is 18.2 Å². The first-order valence-corrected chi connectivity index (χ1v) is 10.7. The zero-order valence-corrected chi connectivity index (χ0v) is 18.1. The Morgan fingerprint density at radius 1 is 1.12 bits per heavy atom. The van der Waals surface area contributed by atoms with Crippen molar-refractivity contribution in [2.75, 3.05) is 5.32 Å². The molecule has 2 aromatic carbocycles. The third-order valence-electron chi connectivity index (χ3n) is 5.81. The molecule has 1 saturated carbocycles. The second-order valence-electron chi connectivity index (χ2n) is 8.35. The third kappa shape index (κ3) is 4.07. The molecule has 5 rings (SSSR count). The summed E-state index contributed by atoms with van der Waals surface area (Å²) in [5, 5.41) is 12.1. The zero-order chi connectivity index (χ0) is 24.0. The van der Waals surface area contributed by atoms with Crippen LogP contribution in [0.25, 0.3) is 16.6 Å². The number of halogens is 3. The number of alkyl halides is 3. The van der Waals surface area contributed by atoms with Crippen molar-refractivity contribution >= 4 is 22.5 Å². The van der Waals surface area contributed by atoms with Gasteiger partial charge < -0.3 is 5.32 Å². The quantitative estimate of drug-likeness (QED) is 0.471. The fourth-order valence-electron chi connectivity index (χ4n) is 3.92. The lowest BCUT2D eigenvalue weighted by Gasteiger charge is -2.12. The number of carbonyl (C=O) groups excluding carboxylic acids is 1. The molecule has 2 heterocycles. The van der Waals surface area contributed by atoms with Gasteiger partial charge in [-0.3, -0.25) is 9.59 Å². The van der Waals surface area contributed by atoms with E-state index in [1.165, 1.54) is 12.1 Å². The van der Waals surface area contributed by atoms with Gasteiger partial charge in [0.2, 0.25) is 5.91 Å². The second-order valence-corrected chi connectivity index (χ2v) is 8.35. The molecule has 34 heavy (non-hydrogen) atoms. The molecule has 0 atom stereocenters. The summed E-state index contributed by atoms with van der Waals surface area (Å²) in [7, 11) is 0. The Hall–Kier alpha value is -3.95. The van der Waals surface area contributed by atoms with E-state index in [4.69, 9.17) is 0 Å². The summed E-state index contributed by atoms with van der Waals surface area (Å²) in [5.74, 6) is -0.376. The number of hydrogen-bond donors (Lipinski definition) is 1. The predicted molar refractivity (Wildman–Crippen MR) is 120 cm³/mol. The van der Waals surface area contributed by atoms with E-state index in [0.717, 1.165) is 46.6 Å². The highest BCUT2D eigenvalue weighted by molar-refractivity contribution is 5.91. The number of fused-ring (bicyclic) bond motifs is 1. The second kappa shape index (κ2) is 8.12. The van der Waals surface area contributed by atoms with Gasteiger partial charge in [0.15, 0.2) is 0 Å². The van der Waals surface area contributed by atoms with Crippen LogP contribution in [0.15, 0.2) is 59.5 Å². The van der Waals surface area contributed by atoms with E-state index < -0.39 is 23.2 Å². The van der Waals surface area contributed by atoms with Gasteiger partial charge in [-0.05, 0) is 55.7 Å². The number of amides is 1. The Morgan fingerprint density at radius 2 is 1.82 bits per heavy atom. The van der Waals surface area contributed by atoms with Gasteiger partial charge in [-0.2, -0.15) is 23.4 Å². The highest BCUT2D eigenvalue weighted by atomic mass is 19.4. The van der Waals surface area contributed by atoms with E-state index in [9.17, 15) is 22.8 Å². The SMILES string of the molecule is Cc1ccccc1-n1ncc2c(C3CC3)nn(CC(=O)Nc3ccc(C(F)(F)F)cc3)c(=O)c21. The number of nitrogens with one attached hydrogen (secondary N) is 1. The van der Waals surface area contributed by atoms with Crippen molar-refractivity contribution in [3.05, 3.63) is 81.9 Å². The summed E-state index contributed by atoms with van der Waals surface area (Å²) in [5.41, 5.74) is 1.66. The topological polar surface area (TPSA) is 81.8 Å². The van der Waals surface area contributed by atoms with Crippen molar-refractivity contribution in [2.45, 2.75) is 38.4 Å². The first-order valence-electron chi connectivity index (χ1n) is 10.7. The first-order chi connectivity index (χ1) is 16.2. The molecule has 0 spiro atoms. The number of para-hydroxylation sites is 1. The molecule has 1 aliphatic rings. The van der Waals surface area contributed by atoms with Gasteiger partial charge in [0.25, 0.3) is 5.56 Å². The van der Waals surface area contributed by atoms with E-state index in [0.29, 0.717) is 10.9 Å². The normalized spacial score (nSPS) is 13.9. The van der Waals surface area contributed by atoms with Crippen LogP contribution in [0.5, 0.6) is 0 Å². The van der Waals surface area contributed by atoms with Crippen molar-refractivity contribution in [1.29, 1.82) is 0 Å². The zero-order valence-electron chi connectivity index (χ0n) is 18.1. The van der Waals surface area contributed by atoms with Crippen molar-refractivity contribution in [3.8, 4) is 5.69 Å². The summed E-state index contributed by atoms with van der Waals surface area (Å²) >= 11 is 0. The predicted octanol–water partition coefficient (Wildman–Crippen LogP) is 4.43. The third-order valence-corrected chi connectivity index (χ3v) is 5.81. The van der Waals surface area contributed by atoms with Crippen LogP contribution in [0.1, 0.15) is 35.6 Å². The van der Waals surface area contributed by atoms with Crippen LogP contribution >= 0.6 is 0 Å². The minimum Gasteiger partial charge on any atom is -0.324 e. The van der Waals surface area contributed by atoms with E-state index in [1.807, 2.05) is 31.2 Å². The van der Waals surface area contributed by atoms with Crippen LogP contribution in [-0.2, 0) is 17.5 Å². The fourth-order valence-corrected chi connectivity index (χ4v) is 3.92. The maximum atomic E-state index is 13.4. The maximum absolute atomic E-state index is 13.4. The van der Waals surface area contributed by atoms with Gasteiger partial charge in [0, 0.05) is 17.0 Å². The molecule has 10 heteroatoms. The molecule has 0 bridgehead atoms. The lowest BCUT2D eigenvalue weighted by Crippen LogP contribution is -2.31. The summed E-state index contributed by atoms with van der Waals surface area (Å²) in [4.78, 5) is 26.0. The minimum absolute atomic E-state index is 0.194. The lowest BCUT2D eigenvalue weighted by molar-refractivity contribution is -0.137. The van der Waals surface area contributed by atoms with Crippen molar-refractivity contribution in [3.63, 3.8) is 0 Å². The van der Waals surface area contributed by atoms with Crippen LogP contribution in [0, 0.1) is 6.92 Å².